The van der Waals surface area contributed by atoms with Gasteiger partial charge in [0, 0.05) is 6.54 Å². The molecule has 0 atom stereocenters. The van der Waals surface area contributed by atoms with Crippen LogP contribution < -0.4 is 10.5 Å². The monoisotopic (exact) mass is 270 g/mol. The zero-order valence-corrected chi connectivity index (χ0v) is 11.8. The van der Waals surface area contributed by atoms with Crippen LogP contribution in [0.2, 0.25) is 0 Å². The number of sulfonamides is 1. The van der Waals surface area contributed by atoms with Gasteiger partial charge in [-0.05, 0) is 36.9 Å². The number of rotatable bonds is 7. The van der Waals surface area contributed by atoms with Crippen LogP contribution in [0.25, 0.3) is 0 Å². The molecule has 5 heteroatoms. The minimum absolute atomic E-state index is 0.151. The Morgan fingerprint density at radius 1 is 1.17 bits per heavy atom. The lowest BCUT2D eigenvalue weighted by Crippen LogP contribution is -2.41. The molecular formula is C13H22N2O2S. The molecule has 0 bridgehead atoms. The third-order valence-corrected chi connectivity index (χ3v) is 5.04. The highest BCUT2D eigenvalue weighted by Gasteiger charge is 2.26. The number of nitrogens with two attached hydrogens (primary N) is 1. The fraction of sp³-hybridized carbons (Fsp3) is 0.538. The van der Waals surface area contributed by atoms with Crippen LogP contribution in [0.4, 0.5) is 0 Å². The SMILES string of the molecule is CCC(CC)(CN)CNS(=O)(=O)c1ccccc1. The Hall–Kier alpha value is -0.910. The summed E-state index contributed by atoms with van der Waals surface area (Å²) in [7, 11) is -3.43. The molecule has 1 aromatic rings. The first-order valence-electron chi connectivity index (χ1n) is 6.24. The lowest BCUT2D eigenvalue weighted by molar-refractivity contribution is 0.275. The maximum Gasteiger partial charge on any atom is 0.240 e. The summed E-state index contributed by atoms with van der Waals surface area (Å²) < 4.78 is 26.8. The normalized spacial score (nSPS) is 12.6. The molecule has 0 saturated carbocycles. The predicted octanol–water partition coefficient (Wildman–Crippen LogP) is 1.73. The molecule has 18 heavy (non-hydrogen) atoms. The van der Waals surface area contributed by atoms with Crippen molar-refractivity contribution in [2.45, 2.75) is 31.6 Å². The lowest BCUT2D eigenvalue weighted by atomic mass is 9.83. The highest BCUT2D eigenvalue weighted by molar-refractivity contribution is 7.89. The second-order valence-corrected chi connectivity index (χ2v) is 6.32. The predicted molar refractivity (Wildman–Crippen MR) is 73.7 cm³/mol. The Morgan fingerprint density at radius 2 is 1.72 bits per heavy atom. The molecule has 0 aromatic heterocycles. The average molecular weight is 270 g/mol. The summed E-state index contributed by atoms with van der Waals surface area (Å²) in [5, 5.41) is 0. The Morgan fingerprint density at radius 3 is 2.17 bits per heavy atom. The van der Waals surface area contributed by atoms with Gasteiger partial charge in [-0.1, -0.05) is 32.0 Å². The van der Waals surface area contributed by atoms with E-state index in [4.69, 9.17) is 5.73 Å². The summed E-state index contributed by atoms with van der Waals surface area (Å²) in [6.07, 6.45) is 1.72. The molecule has 1 aromatic carbocycles. The zero-order valence-electron chi connectivity index (χ0n) is 11.0. The van der Waals surface area contributed by atoms with Gasteiger partial charge in [-0.25, -0.2) is 13.1 Å². The fourth-order valence-corrected chi connectivity index (χ4v) is 2.97. The summed E-state index contributed by atoms with van der Waals surface area (Å²) in [5.41, 5.74) is 5.61. The molecule has 0 fully saturated rings. The maximum absolute atomic E-state index is 12.1. The van der Waals surface area contributed by atoms with Crippen molar-refractivity contribution in [3.63, 3.8) is 0 Å². The average Bonchev–Trinajstić information content (AvgIpc) is 2.42. The number of benzene rings is 1. The molecule has 0 radical (unpaired) electrons. The van der Waals surface area contributed by atoms with Gasteiger partial charge in [0.15, 0.2) is 0 Å². The first kappa shape index (κ1) is 15.1. The van der Waals surface area contributed by atoms with E-state index in [2.05, 4.69) is 4.72 Å². The van der Waals surface area contributed by atoms with Crippen molar-refractivity contribution in [1.29, 1.82) is 0 Å². The topological polar surface area (TPSA) is 72.2 Å². The van der Waals surface area contributed by atoms with Crippen LogP contribution in [0, 0.1) is 5.41 Å². The van der Waals surface area contributed by atoms with Gasteiger partial charge in [0.25, 0.3) is 0 Å². The van der Waals surface area contributed by atoms with Crippen molar-refractivity contribution in [2.24, 2.45) is 11.1 Å². The van der Waals surface area contributed by atoms with Crippen LogP contribution in [0.1, 0.15) is 26.7 Å². The minimum Gasteiger partial charge on any atom is -0.330 e. The van der Waals surface area contributed by atoms with E-state index in [1.54, 1.807) is 30.3 Å². The maximum atomic E-state index is 12.1. The molecule has 0 amide bonds. The standard InChI is InChI=1S/C13H22N2O2S/c1-3-13(4-2,10-14)11-15-18(16,17)12-8-6-5-7-9-12/h5-9,15H,3-4,10-11,14H2,1-2H3. The fourth-order valence-electron chi connectivity index (χ4n) is 1.79. The molecule has 4 nitrogen and oxygen atoms in total. The van der Waals surface area contributed by atoms with Crippen molar-refractivity contribution in [3.05, 3.63) is 30.3 Å². The molecule has 102 valence electrons. The Balaban J connectivity index is 2.79. The number of nitrogens with one attached hydrogen (secondary N) is 1. The largest absolute Gasteiger partial charge is 0.330 e. The van der Waals surface area contributed by atoms with Crippen molar-refractivity contribution in [2.75, 3.05) is 13.1 Å². The molecule has 0 saturated heterocycles. The van der Waals surface area contributed by atoms with Gasteiger partial charge in [-0.2, -0.15) is 0 Å². The van der Waals surface area contributed by atoms with E-state index in [0.29, 0.717) is 18.0 Å². The molecule has 1 rings (SSSR count). The highest BCUT2D eigenvalue weighted by atomic mass is 32.2. The molecule has 0 heterocycles. The van der Waals surface area contributed by atoms with Gasteiger partial charge in [-0.15, -0.1) is 0 Å². The first-order valence-corrected chi connectivity index (χ1v) is 7.73. The van der Waals surface area contributed by atoms with Gasteiger partial charge in [0.2, 0.25) is 10.0 Å². The molecule has 0 aliphatic rings. The second-order valence-electron chi connectivity index (χ2n) is 4.55. The summed E-state index contributed by atoms with van der Waals surface area (Å²) >= 11 is 0. The lowest BCUT2D eigenvalue weighted by Gasteiger charge is -2.30. The Kier molecular flexibility index (Phi) is 5.31. The number of hydrogen-bond acceptors (Lipinski definition) is 3. The Bertz CT molecular complexity index is 445. The van der Waals surface area contributed by atoms with Crippen molar-refractivity contribution < 1.29 is 8.42 Å². The van der Waals surface area contributed by atoms with E-state index in [1.807, 2.05) is 13.8 Å². The summed E-state index contributed by atoms with van der Waals surface area (Å²) in [4.78, 5) is 0.295. The minimum atomic E-state index is -3.43. The van der Waals surface area contributed by atoms with E-state index < -0.39 is 10.0 Å². The van der Waals surface area contributed by atoms with Crippen molar-refractivity contribution in [3.8, 4) is 0 Å². The first-order chi connectivity index (χ1) is 8.49. The van der Waals surface area contributed by atoms with Crippen LogP contribution in [0.5, 0.6) is 0 Å². The smallest absolute Gasteiger partial charge is 0.240 e. The quantitative estimate of drug-likeness (QED) is 0.792. The summed E-state index contributed by atoms with van der Waals surface area (Å²) in [6.45, 7) is 4.94. The van der Waals surface area contributed by atoms with Crippen LogP contribution in [0.3, 0.4) is 0 Å². The molecule has 0 aliphatic heterocycles. The van der Waals surface area contributed by atoms with Crippen molar-refractivity contribution >= 4 is 10.0 Å². The van der Waals surface area contributed by atoms with Gasteiger partial charge in [-0.3, -0.25) is 0 Å². The van der Waals surface area contributed by atoms with E-state index in [0.717, 1.165) is 12.8 Å². The van der Waals surface area contributed by atoms with E-state index in [-0.39, 0.29) is 5.41 Å². The van der Waals surface area contributed by atoms with Gasteiger partial charge < -0.3 is 5.73 Å². The van der Waals surface area contributed by atoms with Crippen LogP contribution in [0.15, 0.2) is 35.2 Å². The van der Waals surface area contributed by atoms with Crippen LogP contribution >= 0.6 is 0 Å². The van der Waals surface area contributed by atoms with Gasteiger partial charge >= 0.3 is 0 Å². The second kappa shape index (κ2) is 6.31. The third-order valence-electron chi connectivity index (χ3n) is 3.62. The summed E-state index contributed by atoms with van der Waals surface area (Å²) in [6, 6.07) is 8.39. The Labute approximate surface area is 110 Å². The zero-order chi connectivity index (χ0) is 13.6. The molecular weight excluding hydrogens is 248 g/mol. The highest BCUT2D eigenvalue weighted by Crippen LogP contribution is 2.24. The van der Waals surface area contributed by atoms with Gasteiger partial charge in [0.1, 0.15) is 0 Å². The third kappa shape index (κ3) is 3.54. The molecule has 0 unspecified atom stereocenters. The van der Waals surface area contributed by atoms with Crippen LogP contribution in [-0.4, -0.2) is 21.5 Å². The van der Waals surface area contributed by atoms with Crippen LogP contribution in [-0.2, 0) is 10.0 Å². The summed E-state index contributed by atoms with van der Waals surface area (Å²) in [5.74, 6) is 0. The molecule has 0 aliphatic carbocycles. The van der Waals surface area contributed by atoms with Crippen molar-refractivity contribution in [1.82, 2.24) is 4.72 Å². The molecule has 0 spiro atoms. The van der Waals surface area contributed by atoms with E-state index in [9.17, 15) is 8.42 Å². The number of hydrogen-bond donors (Lipinski definition) is 2. The van der Waals surface area contributed by atoms with Gasteiger partial charge in [0.05, 0.1) is 4.90 Å². The van der Waals surface area contributed by atoms with E-state index in [1.165, 1.54) is 0 Å². The van der Waals surface area contributed by atoms with E-state index >= 15 is 0 Å². The molecule has 3 N–H and O–H groups in total.